The number of rotatable bonds is 5. The van der Waals surface area contributed by atoms with Crippen molar-refractivity contribution in [3.8, 4) is 0 Å². The van der Waals surface area contributed by atoms with E-state index >= 15 is 0 Å². The van der Waals surface area contributed by atoms with E-state index in [9.17, 15) is 9.59 Å². The molecule has 2 amide bonds. The van der Waals surface area contributed by atoms with Crippen LogP contribution in [-0.4, -0.2) is 50.5 Å². The molecule has 1 saturated heterocycles. The third-order valence-corrected chi connectivity index (χ3v) is 6.82. The summed E-state index contributed by atoms with van der Waals surface area (Å²) in [5, 5.41) is 8.31. The number of carbonyl (C=O) groups is 2. The zero-order chi connectivity index (χ0) is 19.0. The molecule has 1 atom stereocenters. The molecule has 0 bridgehead atoms. The Hall–Kier alpha value is -2.15. The number of piperidine rings is 1. The maximum absolute atomic E-state index is 12.6. The van der Waals surface area contributed by atoms with Crippen molar-refractivity contribution in [1.82, 2.24) is 19.6 Å². The molecule has 144 valence electrons. The number of amides is 2. The lowest BCUT2D eigenvalue weighted by Gasteiger charge is -2.34. The molecule has 3 heterocycles. The van der Waals surface area contributed by atoms with Gasteiger partial charge in [-0.05, 0) is 52.6 Å². The molecule has 1 spiro atoms. The molecule has 2 aromatic heterocycles. The third kappa shape index (κ3) is 3.78. The van der Waals surface area contributed by atoms with Crippen molar-refractivity contribution in [2.45, 2.75) is 45.2 Å². The van der Waals surface area contributed by atoms with Gasteiger partial charge in [-0.1, -0.05) is 0 Å². The first-order valence-electron chi connectivity index (χ1n) is 9.50. The molecule has 1 aliphatic heterocycles. The van der Waals surface area contributed by atoms with Crippen LogP contribution in [0.4, 0.5) is 0 Å². The van der Waals surface area contributed by atoms with Crippen molar-refractivity contribution in [1.29, 1.82) is 0 Å². The minimum Gasteiger partial charge on any atom is -0.342 e. The molecule has 2 fully saturated rings. The number of aryl methyl sites for hydroxylation is 1. The van der Waals surface area contributed by atoms with Crippen molar-refractivity contribution in [2.24, 2.45) is 12.5 Å². The lowest BCUT2D eigenvalue weighted by atomic mass is 9.92. The Morgan fingerprint density at radius 2 is 2.11 bits per heavy atom. The van der Waals surface area contributed by atoms with Gasteiger partial charge in [0.15, 0.2) is 0 Å². The number of likely N-dealkylation sites (tertiary alicyclic amines) is 1. The van der Waals surface area contributed by atoms with Crippen molar-refractivity contribution < 1.29 is 9.59 Å². The van der Waals surface area contributed by atoms with Crippen LogP contribution in [0.3, 0.4) is 0 Å². The van der Waals surface area contributed by atoms with E-state index in [-0.39, 0.29) is 17.2 Å². The number of nitrogens with zero attached hydrogens (tertiary/aromatic N) is 4. The fraction of sp³-hybridized carbons (Fsp3) is 0.550. The molecular formula is C20H26N4O2S. The molecule has 4 rings (SSSR count). The van der Waals surface area contributed by atoms with Gasteiger partial charge >= 0.3 is 0 Å². The van der Waals surface area contributed by atoms with Gasteiger partial charge in [-0.25, -0.2) is 0 Å². The second-order valence-corrected chi connectivity index (χ2v) is 8.72. The Morgan fingerprint density at radius 1 is 1.33 bits per heavy atom. The summed E-state index contributed by atoms with van der Waals surface area (Å²) in [6.07, 6.45) is 7.13. The third-order valence-electron chi connectivity index (χ3n) is 6.09. The maximum atomic E-state index is 12.6. The van der Waals surface area contributed by atoms with E-state index in [1.165, 1.54) is 5.56 Å². The fourth-order valence-electron chi connectivity index (χ4n) is 4.38. The topological polar surface area (TPSA) is 58.4 Å². The van der Waals surface area contributed by atoms with Crippen LogP contribution in [0, 0.1) is 5.41 Å². The summed E-state index contributed by atoms with van der Waals surface area (Å²) >= 11 is 1.67. The molecule has 0 N–H and O–H groups in total. The molecule has 1 unspecified atom stereocenters. The average Bonchev–Trinajstić information content (AvgIpc) is 3.00. The molecule has 2 aromatic rings. The van der Waals surface area contributed by atoms with E-state index in [2.05, 4.69) is 21.9 Å². The van der Waals surface area contributed by atoms with Crippen molar-refractivity contribution in [2.75, 3.05) is 13.1 Å². The SMILES string of the molecule is CC(=O)N(Cc1ccsc1)C1CC12CCN(C(=O)Cc1cnn(C)c1)CC2. The highest BCUT2D eigenvalue weighted by atomic mass is 32.1. The monoisotopic (exact) mass is 386 g/mol. The summed E-state index contributed by atoms with van der Waals surface area (Å²) in [6, 6.07) is 2.42. The fourth-order valence-corrected chi connectivity index (χ4v) is 5.04. The normalized spacial score (nSPS) is 20.7. The largest absolute Gasteiger partial charge is 0.342 e. The first-order chi connectivity index (χ1) is 13.0. The summed E-state index contributed by atoms with van der Waals surface area (Å²) in [5.74, 6) is 0.329. The maximum Gasteiger partial charge on any atom is 0.227 e. The summed E-state index contributed by atoms with van der Waals surface area (Å²) < 4.78 is 1.73. The van der Waals surface area contributed by atoms with Crippen LogP contribution in [0.25, 0.3) is 0 Å². The van der Waals surface area contributed by atoms with Crippen LogP contribution in [0.1, 0.15) is 37.3 Å². The van der Waals surface area contributed by atoms with Gasteiger partial charge in [0, 0.05) is 45.8 Å². The summed E-state index contributed by atoms with van der Waals surface area (Å²) in [7, 11) is 1.86. The Morgan fingerprint density at radius 3 is 2.70 bits per heavy atom. The minimum atomic E-state index is 0.151. The average molecular weight is 387 g/mol. The highest BCUT2D eigenvalue weighted by molar-refractivity contribution is 7.07. The Kier molecular flexibility index (Phi) is 4.80. The van der Waals surface area contributed by atoms with Gasteiger partial charge < -0.3 is 9.80 Å². The van der Waals surface area contributed by atoms with E-state index in [4.69, 9.17) is 0 Å². The van der Waals surface area contributed by atoms with E-state index in [0.29, 0.717) is 19.0 Å². The van der Waals surface area contributed by atoms with Crippen LogP contribution in [0.15, 0.2) is 29.2 Å². The second kappa shape index (κ2) is 7.11. The zero-order valence-corrected chi connectivity index (χ0v) is 16.7. The highest BCUT2D eigenvalue weighted by Gasteiger charge is 2.58. The van der Waals surface area contributed by atoms with Crippen LogP contribution in [-0.2, 0) is 29.6 Å². The van der Waals surface area contributed by atoms with Gasteiger partial charge in [0.1, 0.15) is 0 Å². The van der Waals surface area contributed by atoms with Crippen molar-refractivity contribution in [3.63, 3.8) is 0 Å². The quantitative estimate of drug-likeness (QED) is 0.793. The lowest BCUT2D eigenvalue weighted by Crippen LogP contribution is -2.43. The molecule has 1 saturated carbocycles. The molecule has 0 radical (unpaired) electrons. The summed E-state index contributed by atoms with van der Waals surface area (Å²) in [4.78, 5) is 28.8. The van der Waals surface area contributed by atoms with Crippen molar-refractivity contribution >= 4 is 23.2 Å². The van der Waals surface area contributed by atoms with Crippen molar-refractivity contribution in [3.05, 3.63) is 40.3 Å². The van der Waals surface area contributed by atoms with Gasteiger partial charge in [0.05, 0.1) is 12.6 Å². The Balaban J connectivity index is 1.33. The highest BCUT2D eigenvalue weighted by Crippen LogP contribution is 2.57. The van der Waals surface area contributed by atoms with Gasteiger partial charge in [-0.15, -0.1) is 0 Å². The van der Waals surface area contributed by atoms with Gasteiger partial charge in [0.2, 0.25) is 11.8 Å². The molecule has 2 aliphatic rings. The van der Waals surface area contributed by atoms with E-state index in [1.54, 1.807) is 29.1 Å². The van der Waals surface area contributed by atoms with Crippen LogP contribution in [0.5, 0.6) is 0 Å². The summed E-state index contributed by atoms with van der Waals surface area (Å²) in [5.41, 5.74) is 2.39. The first kappa shape index (κ1) is 18.2. The van der Waals surface area contributed by atoms with Crippen LogP contribution < -0.4 is 0 Å². The number of thiophene rings is 1. The van der Waals surface area contributed by atoms with E-state index < -0.39 is 0 Å². The zero-order valence-electron chi connectivity index (χ0n) is 15.9. The lowest BCUT2D eigenvalue weighted by molar-refractivity contribution is -0.134. The molecule has 1 aliphatic carbocycles. The number of hydrogen-bond donors (Lipinski definition) is 0. The van der Waals surface area contributed by atoms with E-state index in [1.807, 2.05) is 23.0 Å². The van der Waals surface area contributed by atoms with Gasteiger partial charge in [-0.2, -0.15) is 16.4 Å². The van der Waals surface area contributed by atoms with E-state index in [0.717, 1.165) is 37.9 Å². The minimum absolute atomic E-state index is 0.151. The number of hydrogen-bond acceptors (Lipinski definition) is 4. The van der Waals surface area contributed by atoms with Gasteiger partial charge in [-0.3, -0.25) is 14.3 Å². The van der Waals surface area contributed by atoms with Gasteiger partial charge in [0.25, 0.3) is 0 Å². The Labute approximate surface area is 163 Å². The Bertz CT molecular complexity index is 821. The smallest absolute Gasteiger partial charge is 0.227 e. The predicted molar refractivity (Wildman–Crippen MR) is 104 cm³/mol. The van der Waals surface area contributed by atoms with Crippen LogP contribution in [0.2, 0.25) is 0 Å². The molecule has 27 heavy (non-hydrogen) atoms. The van der Waals surface area contributed by atoms with Crippen LogP contribution >= 0.6 is 11.3 Å². The molecule has 0 aromatic carbocycles. The molecule has 6 nitrogen and oxygen atoms in total. The number of carbonyl (C=O) groups excluding carboxylic acids is 2. The first-order valence-corrected chi connectivity index (χ1v) is 10.4. The molecule has 7 heteroatoms. The summed E-state index contributed by atoms with van der Waals surface area (Å²) in [6.45, 7) is 3.96. The standard InChI is InChI=1S/C20H26N4O2S/c1-15(25)24(13-16-3-8-27-14-16)18-10-20(18)4-6-23(7-5-20)19(26)9-17-11-21-22(2)12-17/h3,8,11-12,14,18H,4-7,9-10,13H2,1-2H3. The number of aromatic nitrogens is 2. The second-order valence-electron chi connectivity index (χ2n) is 7.94. The predicted octanol–water partition coefficient (Wildman–Crippen LogP) is 2.45. The molecular weight excluding hydrogens is 360 g/mol.